The third kappa shape index (κ3) is 4.72. The van der Waals surface area contributed by atoms with Gasteiger partial charge in [-0.05, 0) is 38.2 Å². The highest BCUT2D eigenvalue weighted by molar-refractivity contribution is 5.30. The molecule has 1 aliphatic rings. The highest BCUT2D eigenvalue weighted by Gasteiger charge is 2.16. The van der Waals surface area contributed by atoms with Crippen molar-refractivity contribution in [2.45, 2.75) is 13.0 Å². The van der Waals surface area contributed by atoms with Crippen LogP contribution in [0.2, 0.25) is 0 Å². The van der Waals surface area contributed by atoms with Crippen molar-refractivity contribution in [1.29, 1.82) is 0 Å². The first-order valence-electron chi connectivity index (χ1n) is 8.52. The fraction of sp³-hybridized carbons (Fsp3) is 0.500. The lowest BCUT2D eigenvalue weighted by molar-refractivity contribution is 0.311. The number of likely N-dealkylation sites (N-methyl/N-ethyl adjacent to an activating group) is 2. The Balaban J connectivity index is 1.48. The topological polar surface area (TPSA) is 48.4 Å². The van der Waals surface area contributed by atoms with E-state index in [1.807, 2.05) is 24.8 Å². The first kappa shape index (κ1) is 16.8. The predicted molar refractivity (Wildman–Crippen MR) is 96.0 cm³/mol. The maximum absolute atomic E-state index is 4.56. The second kappa shape index (κ2) is 8.17. The summed E-state index contributed by atoms with van der Waals surface area (Å²) in [4.78, 5) is 20.1. The lowest BCUT2D eigenvalue weighted by Crippen LogP contribution is -2.45. The molecule has 3 heterocycles. The number of hydrogen-bond acceptors (Lipinski definition) is 6. The van der Waals surface area contributed by atoms with Gasteiger partial charge in [0.15, 0.2) is 0 Å². The molecule has 0 radical (unpaired) electrons. The standard InChI is InChI=1S/C18H26N6/c1-22-9-11-24(12-10-22)18-20-13-17(14-21-18)15-23(2)8-5-16-3-6-19-7-4-16/h3-4,6-7,13-14H,5,8-12,15H2,1-2H3. The number of aromatic nitrogens is 3. The second-order valence-electron chi connectivity index (χ2n) is 6.52. The summed E-state index contributed by atoms with van der Waals surface area (Å²) in [5, 5.41) is 0. The summed E-state index contributed by atoms with van der Waals surface area (Å²) in [5.74, 6) is 0.853. The molecule has 3 rings (SSSR count). The van der Waals surface area contributed by atoms with E-state index in [0.29, 0.717) is 0 Å². The van der Waals surface area contributed by atoms with Crippen molar-refractivity contribution in [1.82, 2.24) is 24.8 Å². The number of piperazine rings is 1. The number of anilines is 1. The zero-order valence-corrected chi connectivity index (χ0v) is 14.6. The van der Waals surface area contributed by atoms with E-state index >= 15 is 0 Å². The van der Waals surface area contributed by atoms with Crippen LogP contribution in [-0.4, -0.2) is 71.6 Å². The van der Waals surface area contributed by atoms with E-state index in [4.69, 9.17) is 0 Å². The Hall–Kier alpha value is -2.05. The Morgan fingerprint density at radius 1 is 1.00 bits per heavy atom. The fourth-order valence-corrected chi connectivity index (χ4v) is 2.86. The fourth-order valence-electron chi connectivity index (χ4n) is 2.86. The van der Waals surface area contributed by atoms with Crippen molar-refractivity contribution in [2.75, 3.05) is 51.7 Å². The molecule has 24 heavy (non-hydrogen) atoms. The van der Waals surface area contributed by atoms with E-state index in [1.165, 1.54) is 5.56 Å². The van der Waals surface area contributed by atoms with Gasteiger partial charge in [-0.1, -0.05) is 0 Å². The van der Waals surface area contributed by atoms with E-state index in [9.17, 15) is 0 Å². The van der Waals surface area contributed by atoms with Crippen LogP contribution in [0.1, 0.15) is 11.1 Å². The molecule has 0 spiro atoms. The summed E-state index contributed by atoms with van der Waals surface area (Å²) in [7, 11) is 4.29. The number of nitrogens with zero attached hydrogens (tertiary/aromatic N) is 6. The third-order valence-corrected chi connectivity index (χ3v) is 4.46. The molecule has 1 fully saturated rings. The Kier molecular flexibility index (Phi) is 5.72. The lowest BCUT2D eigenvalue weighted by atomic mass is 10.2. The normalized spacial score (nSPS) is 15.9. The minimum Gasteiger partial charge on any atom is -0.338 e. The molecule has 0 aromatic carbocycles. The summed E-state index contributed by atoms with van der Waals surface area (Å²) in [6, 6.07) is 4.14. The molecule has 0 bridgehead atoms. The van der Waals surface area contributed by atoms with Crippen LogP contribution < -0.4 is 4.90 Å². The van der Waals surface area contributed by atoms with Gasteiger partial charge in [-0.2, -0.15) is 0 Å². The Bertz CT molecular complexity index is 607. The average molecular weight is 326 g/mol. The molecule has 0 saturated carbocycles. The van der Waals surface area contributed by atoms with Crippen LogP contribution in [0.25, 0.3) is 0 Å². The molecule has 2 aromatic heterocycles. The summed E-state index contributed by atoms with van der Waals surface area (Å²) < 4.78 is 0. The molecule has 2 aromatic rings. The predicted octanol–water partition coefficient (Wildman–Crippen LogP) is 1.30. The van der Waals surface area contributed by atoms with Gasteiger partial charge in [0.25, 0.3) is 0 Å². The van der Waals surface area contributed by atoms with Gasteiger partial charge in [0.2, 0.25) is 5.95 Å². The van der Waals surface area contributed by atoms with Crippen LogP contribution in [0.5, 0.6) is 0 Å². The van der Waals surface area contributed by atoms with Gasteiger partial charge in [-0.15, -0.1) is 0 Å². The molecule has 6 heteroatoms. The summed E-state index contributed by atoms with van der Waals surface area (Å²) >= 11 is 0. The SMILES string of the molecule is CN1CCN(c2ncc(CN(C)CCc3ccncc3)cn2)CC1. The highest BCUT2D eigenvalue weighted by Crippen LogP contribution is 2.11. The molecule has 0 atom stereocenters. The Morgan fingerprint density at radius 2 is 1.67 bits per heavy atom. The Labute approximate surface area is 144 Å². The molecule has 0 unspecified atom stereocenters. The van der Waals surface area contributed by atoms with Gasteiger partial charge in [-0.25, -0.2) is 9.97 Å². The molecular formula is C18H26N6. The smallest absolute Gasteiger partial charge is 0.225 e. The summed E-state index contributed by atoms with van der Waals surface area (Å²) in [5.41, 5.74) is 2.48. The van der Waals surface area contributed by atoms with Crippen LogP contribution in [0.3, 0.4) is 0 Å². The van der Waals surface area contributed by atoms with Crippen LogP contribution >= 0.6 is 0 Å². The molecule has 1 aliphatic heterocycles. The van der Waals surface area contributed by atoms with Crippen molar-refractivity contribution >= 4 is 5.95 Å². The van der Waals surface area contributed by atoms with E-state index < -0.39 is 0 Å². The quantitative estimate of drug-likeness (QED) is 0.797. The summed E-state index contributed by atoms with van der Waals surface area (Å²) in [6.07, 6.45) is 8.65. The Morgan fingerprint density at radius 3 is 2.33 bits per heavy atom. The zero-order chi connectivity index (χ0) is 16.8. The minimum absolute atomic E-state index is 0.853. The van der Waals surface area contributed by atoms with Gasteiger partial charge < -0.3 is 14.7 Å². The first-order valence-corrected chi connectivity index (χ1v) is 8.52. The molecule has 0 amide bonds. The van der Waals surface area contributed by atoms with Crippen LogP contribution in [0.15, 0.2) is 36.9 Å². The maximum atomic E-state index is 4.56. The highest BCUT2D eigenvalue weighted by atomic mass is 15.3. The van der Waals surface area contributed by atoms with E-state index in [0.717, 1.165) is 57.2 Å². The molecule has 0 N–H and O–H groups in total. The minimum atomic E-state index is 0.853. The second-order valence-corrected chi connectivity index (χ2v) is 6.52. The van der Waals surface area contributed by atoms with E-state index in [2.05, 4.69) is 55.9 Å². The number of pyridine rings is 1. The van der Waals surface area contributed by atoms with Gasteiger partial charge in [-0.3, -0.25) is 4.98 Å². The van der Waals surface area contributed by atoms with Crippen molar-refractivity contribution in [3.05, 3.63) is 48.0 Å². The zero-order valence-electron chi connectivity index (χ0n) is 14.6. The van der Waals surface area contributed by atoms with Crippen molar-refractivity contribution < 1.29 is 0 Å². The van der Waals surface area contributed by atoms with Gasteiger partial charge >= 0.3 is 0 Å². The van der Waals surface area contributed by atoms with Gasteiger partial charge in [0, 0.05) is 69.6 Å². The van der Waals surface area contributed by atoms with Crippen molar-refractivity contribution in [3.8, 4) is 0 Å². The molecule has 128 valence electrons. The van der Waals surface area contributed by atoms with Crippen molar-refractivity contribution in [3.63, 3.8) is 0 Å². The lowest BCUT2D eigenvalue weighted by Gasteiger charge is -2.32. The number of hydrogen-bond donors (Lipinski definition) is 0. The first-order chi connectivity index (χ1) is 11.7. The van der Waals surface area contributed by atoms with Crippen LogP contribution in [-0.2, 0) is 13.0 Å². The summed E-state index contributed by atoms with van der Waals surface area (Å²) in [6.45, 7) is 6.02. The van der Waals surface area contributed by atoms with E-state index in [1.54, 1.807) is 0 Å². The van der Waals surface area contributed by atoms with Gasteiger partial charge in [0.1, 0.15) is 0 Å². The van der Waals surface area contributed by atoms with E-state index in [-0.39, 0.29) is 0 Å². The average Bonchev–Trinajstić information content (AvgIpc) is 2.62. The molecule has 1 saturated heterocycles. The molecule has 0 aliphatic carbocycles. The van der Waals surface area contributed by atoms with Crippen LogP contribution in [0.4, 0.5) is 5.95 Å². The monoisotopic (exact) mass is 326 g/mol. The molecular weight excluding hydrogens is 300 g/mol. The largest absolute Gasteiger partial charge is 0.338 e. The maximum Gasteiger partial charge on any atom is 0.225 e. The van der Waals surface area contributed by atoms with Crippen LogP contribution in [0, 0.1) is 0 Å². The van der Waals surface area contributed by atoms with Gasteiger partial charge in [0.05, 0.1) is 0 Å². The molecule has 6 nitrogen and oxygen atoms in total. The third-order valence-electron chi connectivity index (χ3n) is 4.46. The number of rotatable bonds is 6. The van der Waals surface area contributed by atoms with Crippen molar-refractivity contribution in [2.24, 2.45) is 0 Å².